The maximum Gasteiger partial charge on any atom is 0.198 e. The zero-order chi connectivity index (χ0) is 34.7. The van der Waals surface area contributed by atoms with Crippen LogP contribution in [0.4, 0.5) is 11.4 Å². The van der Waals surface area contributed by atoms with Gasteiger partial charge < -0.3 is 9.91 Å². The van der Waals surface area contributed by atoms with Crippen LogP contribution >= 0.6 is 0 Å². The molecular weight excluding hydrogens is 816 g/mol. The summed E-state index contributed by atoms with van der Waals surface area (Å²) in [5, 5.41) is 7.06. The molecule has 5 nitrogen and oxygen atoms in total. The third-order valence-electron chi connectivity index (χ3n) is 9.20. The molecule has 0 saturated carbocycles. The average Bonchev–Trinajstić information content (AvgIpc) is 3.63. The van der Waals surface area contributed by atoms with Crippen molar-refractivity contribution in [1.82, 2.24) is 9.97 Å². The van der Waals surface area contributed by atoms with Crippen LogP contribution in [-0.2, 0) is 21.1 Å². The van der Waals surface area contributed by atoms with Crippen LogP contribution < -0.4 is 26.3 Å². The monoisotopic (exact) mass is 851 g/mol. The third-order valence-corrected chi connectivity index (χ3v) is 9.20. The number of aryl methyl sites for hydroxylation is 3. The molecule has 0 aliphatic carbocycles. The number of aromatic nitrogens is 2. The minimum atomic E-state index is -0.133. The van der Waals surface area contributed by atoms with Gasteiger partial charge in [0.15, 0.2) is 6.71 Å². The van der Waals surface area contributed by atoms with Crippen LogP contribution in [0.2, 0.25) is 0 Å². The fourth-order valence-electron chi connectivity index (χ4n) is 6.96. The van der Waals surface area contributed by atoms with E-state index < -0.39 is 0 Å². The van der Waals surface area contributed by atoms with Gasteiger partial charge >= 0.3 is 0 Å². The second-order valence-electron chi connectivity index (χ2n) is 12.8. The predicted molar refractivity (Wildman–Crippen MR) is 211 cm³/mol. The van der Waals surface area contributed by atoms with Gasteiger partial charge in [-0.2, -0.15) is 34.2 Å². The zero-order valence-corrected chi connectivity index (χ0v) is 31.4. The molecule has 1 aliphatic heterocycles. The Morgan fingerprint density at radius 2 is 1.25 bits per heavy atom. The molecule has 1 aromatic heterocycles. The number of benzene rings is 6. The minimum Gasteiger partial charge on any atom is -0.456 e. The van der Waals surface area contributed by atoms with Crippen molar-refractivity contribution in [3.05, 3.63) is 193 Å². The number of anilines is 2. The summed E-state index contributed by atoms with van der Waals surface area (Å²) in [6.07, 6.45) is 1.82. The molecule has 52 heavy (non-hydrogen) atoms. The molecule has 7 aromatic rings. The molecule has 2 heterocycles. The molecule has 0 fully saturated rings. The molecule has 0 amide bonds. The predicted octanol–water partition coefficient (Wildman–Crippen LogP) is 7.66. The van der Waals surface area contributed by atoms with Crippen molar-refractivity contribution in [2.75, 3.05) is 9.91 Å². The molecule has 0 saturated heterocycles. The number of hydrazone groups is 1. The first-order chi connectivity index (χ1) is 25.0. The van der Waals surface area contributed by atoms with Crippen LogP contribution in [0.15, 0.2) is 157 Å². The van der Waals surface area contributed by atoms with Gasteiger partial charge in [0.2, 0.25) is 0 Å². The molecule has 0 radical (unpaired) electrons. The summed E-state index contributed by atoms with van der Waals surface area (Å²) in [6, 6.07) is 57.4. The number of para-hydroxylation sites is 1. The Hall–Kier alpha value is -5.58. The molecule has 0 bridgehead atoms. The first-order valence-electron chi connectivity index (χ1n) is 17.2. The number of rotatable bonds is 8. The van der Waals surface area contributed by atoms with E-state index in [4.69, 9.17) is 10.1 Å². The van der Waals surface area contributed by atoms with Crippen LogP contribution in [0.3, 0.4) is 0 Å². The fourth-order valence-corrected chi connectivity index (χ4v) is 6.96. The summed E-state index contributed by atoms with van der Waals surface area (Å²) in [6.45, 7) is 8.47. The van der Waals surface area contributed by atoms with Gasteiger partial charge in [-0.3, -0.25) is 4.98 Å². The van der Waals surface area contributed by atoms with Crippen molar-refractivity contribution >= 4 is 40.3 Å². The largest absolute Gasteiger partial charge is 0.456 e. The maximum absolute atomic E-state index is 5.13. The van der Waals surface area contributed by atoms with Crippen molar-refractivity contribution in [2.24, 2.45) is 5.10 Å². The second kappa shape index (κ2) is 15.3. The van der Waals surface area contributed by atoms with Gasteiger partial charge in [-0.15, -0.1) is 42.6 Å². The first kappa shape index (κ1) is 34.9. The molecule has 8 rings (SSSR count). The van der Waals surface area contributed by atoms with Gasteiger partial charge in [0.05, 0.1) is 0 Å². The van der Waals surface area contributed by atoms with E-state index >= 15 is 0 Å². The van der Waals surface area contributed by atoms with E-state index in [1.165, 1.54) is 22.2 Å². The minimum absolute atomic E-state index is 0. The summed E-state index contributed by atoms with van der Waals surface area (Å²) < 4.78 is 0. The van der Waals surface area contributed by atoms with E-state index in [0.717, 1.165) is 50.5 Å². The van der Waals surface area contributed by atoms with Crippen LogP contribution in [0, 0.1) is 39.6 Å². The number of hydrogen-bond acceptors (Lipinski definition) is 5. The van der Waals surface area contributed by atoms with Gasteiger partial charge in [0, 0.05) is 44.1 Å². The van der Waals surface area contributed by atoms with Crippen LogP contribution in [0.1, 0.15) is 22.3 Å². The van der Waals surface area contributed by atoms with Gasteiger partial charge in [-0.05, 0) is 38.6 Å². The third kappa shape index (κ3) is 7.13. The molecule has 1 aliphatic rings. The van der Waals surface area contributed by atoms with Gasteiger partial charge in [-0.25, -0.2) is 4.98 Å². The molecular formula is C45H35BN5Pt-3. The van der Waals surface area contributed by atoms with Crippen molar-refractivity contribution < 1.29 is 21.1 Å². The summed E-state index contributed by atoms with van der Waals surface area (Å²) in [5.41, 5.74) is 12.7. The Bertz CT molecular complexity index is 2330. The number of nitrogens with zero attached hydrogens (tertiary/aromatic N) is 5. The topological polar surface area (TPSA) is 44.6 Å². The van der Waals surface area contributed by atoms with Crippen LogP contribution in [0.5, 0.6) is 0 Å². The van der Waals surface area contributed by atoms with Gasteiger partial charge in [0.25, 0.3) is 0 Å². The summed E-state index contributed by atoms with van der Waals surface area (Å²) in [4.78, 5) is 11.6. The molecule has 0 unspecified atom stereocenters. The Balaban J connectivity index is 0.00000420. The maximum atomic E-state index is 5.13. The van der Waals surface area contributed by atoms with E-state index in [1.807, 2.05) is 90.7 Å². The van der Waals surface area contributed by atoms with Crippen molar-refractivity contribution in [2.45, 2.75) is 20.8 Å². The molecule has 6 aromatic carbocycles. The van der Waals surface area contributed by atoms with Crippen LogP contribution in [-0.4, -0.2) is 22.5 Å². The number of amidine groups is 1. The Morgan fingerprint density at radius 3 is 1.94 bits per heavy atom. The summed E-state index contributed by atoms with van der Waals surface area (Å²) >= 11 is 0. The SMILES string of the molecule is Cc1cc(C)c(B(c2[c-]c(-c3ccnc(-c4ccccc4)n3)ccc2)c2[c-]c(N3[CH-]N(c4ccccc4)C(c4ccccc4)=N3)ccc2)c(C)c1.[Pt]. The average molecular weight is 852 g/mol. The normalized spacial score (nSPS) is 12.3. The van der Waals surface area contributed by atoms with E-state index in [2.05, 4.69) is 116 Å². The standard InChI is InChI=1S/C45H35BN5.Pt/c1-32-27-33(2)43(34(3)28-32)46(38-20-13-19-37(29-38)42-25-26-47-44(48-42)35-15-7-4-8-16-35)39-21-14-24-41(30-39)51-31-50(40-22-11-6-12-23-40)45(49-51)36-17-9-5-10-18-36;/h4-28,31H,1-3H3;/q-3;. The molecule has 0 atom stereocenters. The Labute approximate surface area is 321 Å². The van der Waals surface area contributed by atoms with E-state index in [0.29, 0.717) is 5.82 Å². The molecule has 7 heteroatoms. The van der Waals surface area contributed by atoms with E-state index in [1.54, 1.807) is 0 Å². The van der Waals surface area contributed by atoms with E-state index in [9.17, 15) is 0 Å². The summed E-state index contributed by atoms with van der Waals surface area (Å²) in [5.74, 6) is 1.54. The van der Waals surface area contributed by atoms with Crippen LogP contribution in [0.25, 0.3) is 22.6 Å². The number of hydrogen-bond donors (Lipinski definition) is 0. The molecule has 256 valence electrons. The Kier molecular flexibility index (Phi) is 10.3. The smallest absolute Gasteiger partial charge is 0.198 e. The molecule has 0 spiro atoms. The molecule has 0 N–H and O–H groups in total. The fraction of sp³-hybridized carbons (Fsp3) is 0.0667. The van der Waals surface area contributed by atoms with E-state index in [-0.39, 0.29) is 27.8 Å². The van der Waals surface area contributed by atoms with Gasteiger partial charge in [-0.1, -0.05) is 125 Å². The van der Waals surface area contributed by atoms with Crippen molar-refractivity contribution in [3.8, 4) is 22.6 Å². The quantitative estimate of drug-likeness (QED) is 0.117. The van der Waals surface area contributed by atoms with Gasteiger partial charge in [0.1, 0.15) is 11.7 Å². The van der Waals surface area contributed by atoms with Crippen molar-refractivity contribution in [3.63, 3.8) is 0 Å². The zero-order valence-electron chi connectivity index (χ0n) is 29.1. The Morgan fingerprint density at radius 1 is 0.635 bits per heavy atom. The second-order valence-corrected chi connectivity index (χ2v) is 12.8. The van der Waals surface area contributed by atoms with Crippen molar-refractivity contribution in [1.29, 1.82) is 0 Å². The first-order valence-corrected chi connectivity index (χ1v) is 17.2. The summed E-state index contributed by atoms with van der Waals surface area (Å²) in [7, 11) is 0.